The van der Waals surface area contributed by atoms with Crippen LogP contribution in [0.1, 0.15) is 28.8 Å². The minimum absolute atomic E-state index is 0.117. The van der Waals surface area contributed by atoms with Crippen molar-refractivity contribution in [1.82, 2.24) is 14.9 Å². The summed E-state index contributed by atoms with van der Waals surface area (Å²) in [5, 5.41) is 4.28. The molecule has 1 N–H and O–H groups in total. The summed E-state index contributed by atoms with van der Waals surface area (Å²) in [5.74, 6) is 1.60. The number of fused-ring (bicyclic) bond motifs is 1. The highest BCUT2D eigenvalue weighted by atomic mass is 32.1. The number of aryl methyl sites for hydroxylation is 3. The molecule has 0 aliphatic carbocycles. The van der Waals surface area contributed by atoms with Crippen LogP contribution in [0.4, 0.5) is 11.5 Å². The maximum absolute atomic E-state index is 12.8. The number of hydrogen-bond donors (Lipinski definition) is 1. The fourth-order valence-electron chi connectivity index (χ4n) is 3.93. The van der Waals surface area contributed by atoms with Gasteiger partial charge >= 0.3 is 0 Å². The van der Waals surface area contributed by atoms with Crippen LogP contribution in [0.2, 0.25) is 0 Å². The van der Waals surface area contributed by atoms with Crippen LogP contribution in [-0.2, 0) is 11.2 Å². The van der Waals surface area contributed by atoms with Gasteiger partial charge in [0.15, 0.2) is 0 Å². The number of anilines is 2. The number of amides is 1. The topological polar surface area (TPSA) is 61.4 Å². The maximum Gasteiger partial charge on any atom is 0.242 e. The molecule has 0 radical (unpaired) electrons. The first-order chi connectivity index (χ1) is 14.5. The lowest BCUT2D eigenvalue weighted by atomic mass is 10.1. The molecule has 3 heterocycles. The molecule has 3 aromatic rings. The molecule has 2 aromatic heterocycles. The second-order valence-corrected chi connectivity index (χ2v) is 8.96. The highest BCUT2D eigenvalue weighted by Crippen LogP contribution is 2.29. The van der Waals surface area contributed by atoms with Crippen molar-refractivity contribution >= 4 is 39.0 Å². The third-order valence-corrected chi connectivity index (χ3v) is 7.03. The monoisotopic (exact) mass is 423 g/mol. The van der Waals surface area contributed by atoms with Crippen molar-refractivity contribution in [2.75, 3.05) is 42.9 Å². The van der Waals surface area contributed by atoms with Crippen LogP contribution >= 0.6 is 11.3 Å². The number of thiophene rings is 1. The Morgan fingerprint density at radius 1 is 1.13 bits per heavy atom. The Labute approximate surface area is 181 Å². The predicted octanol–water partition coefficient (Wildman–Crippen LogP) is 3.94. The number of benzene rings is 1. The van der Waals surface area contributed by atoms with Crippen molar-refractivity contribution in [1.29, 1.82) is 0 Å². The zero-order valence-electron chi connectivity index (χ0n) is 18.2. The summed E-state index contributed by atoms with van der Waals surface area (Å²) in [6.07, 6.45) is 0.975. The van der Waals surface area contributed by atoms with E-state index in [-0.39, 0.29) is 12.5 Å². The molecule has 4 rings (SSSR count). The van der Waals surface area contributed by atoms with Crippen LogP contribution in [0.15, 0.2) is 24.3 Å². The van der Waals surface area contributed by atoms with Gasteiger partial charge in [-0.1, -0.05) is 19.1 Å². The molecule has 1 aliphatic heterocycles. The summed E-state index contributed by atoms with van der Waals surface area (Å²) in [6, 6.07) is 8.57. The van der Waals surface area contributed by atoms with E-state index < -0.39 is 0 Å². The summed E-state index contributed by atoms with van der Waals surface area (Å²) in [5.41, 5.74) is 3.91. The molecule has 1 aromatic carbocycles. The number of aromatic nitrogens is 2. The van der Waals surface area contributed by atoms with Gasteiger partial charge in [0.25, 0.3) is 0 Å². The highest BCUT2D eigenvalue weighted by Gasteiger charge is 2.22. The second kappa shape index (κ2) is 8.60. The number of rotatable bonds is 5. The maximum atomic E-state index is 12.8. The first kappa shape index (κ1) is 20.6. The zero-order chi connectivity index (χ0) is 21.3. The molecule has 0 saturated carbocycles. The molecule has 1 aliphatic rings. The van der Waals surface area contributed by atoms with Crippen molar-refractivity contribution in [2.45, 2.75) is 34.1 Å². The molecule has 0 bridgehead atoms. The van der Waals surface area contributed by atoms with Gasteiger partial charge in [-0.2, -0.15) is 0 Å². The highest BCUT2D eigenvalue weighted by molar-refractivity contribution is 7.18. The van der Waals surface area contributed by atoms with Gasteiger partial charge in [0.2, 0.25) is 5.91 Å². The molecular weight excluding hydrogens is 394 g/mol. The van der Waals surface area contributed by atoms with Crippen molar-refractivity contribution in [3.8, 4) is 0 Å². The molecule has 0 atom stereocenters. The Kier molecular flexibility index (Phi) is 5.90. The van der Waals surface area contributed by atoms with Gasteiger partial charge in [-0.3, -0.25) is 4.79 Å². The molecule has 30 heavy (non-hydrogen) atoms. The van der Waals surface area contributed by atoms with Crippen molar-refractivity contribution < 1.29 is 4.79 Å². The van der Waals surface area contributed by atoms with Crippen LogP contribution in [0.3, 0.4) is 0 Å². The summed E-state index contributed by atoms with van der Waals surface area (Å²) < 4.78 is 0. The lowest BCUT2D eigenvalue weighted by Crippen LogP contribution is -2.50. The van der Waals surface area contributed by atoms with Crippen molar-refractivity contribution in [2.24, 2.45) is 0 Å². The molecule has 7 heteroatoms. The summed E-state index contributed by atoms with van der Waals surface area (Å²) >= 11 is 1.70. The van der Waals surface area contributed by atoms with Crippen molar-refractivity contribution in [3.63, 3.8) is 0 Å². The Morgan fingerprint density at radius 2 is 1.90 bits per heavy atom. The van der Waals surface area contributed by atoms with E-state index in [2.05, 4.69) is 65.2 Å². The van der Waals surface area contributed by atoms with Crippen LogP contribution in [0.25, 0.3) is 10.2 Å². The summed E-state index contributed by atoms with van der Waals surface area (Å²) in [7, 11) is 0. The first-order valence-corrected chi connectivity index (χ1v) is 11.4. The van der Waals surface area contributed by atoms with Gasteiger partial charge in [0.05, 0.1) is 11.9 Å². The fraction of sp³-hybridized carbons (Fsp3) is 0.435. The summed E-state index contributed by atoms with van der Waals surface area (Å²) in [4.78, 5) is 28.5. The predicted molar refractivity (Wildman–Crippen MR) is 125 cm³/mol. The van der Waals surface area contributed by atoms with Crippen LogP contribution in [0, 0.1) is 20.8 Å². The third kappa shape index (κ3) is 4.12. The third-order valence-electron chi connectivity index (χ3n) is 5.86. The zero-order valence-corrected chi connectivity index (χ0v) is 19.0. The van der Waals surface area contributed by atoms with Gasteiger partial charge in [-0.15, -0.1) is 11.3 Å². The van der Waals surface area contributed by atoms with E-state index >= 15 is 0 Å². The fourth-order valence-corrected chi connectivity index (χ4v) is 4.95. The van der Waals surface area contributed by atoms with Gasteiger partial charge in [-0.05, 0) is 50.5 Å². The van der Waals surface area contributed by atoms with E-state index in [1.54, 1.807) is 11.3 Å². The molecule has 1 saturated heterocycles. The normalized spacial score (nSPS) is 14.4. The van der Waals surface area contributed by atoms with E-state index in [1.807, 2.05) is 11.8 Å². The molecule has 6 nitrogen and oxygen atoms in total. The second-order valence-electron chi connectivity index (χ2n) is 7.84. The number of nitrogens with one attached hydrogen (secondary N) is 1. The standard InChI is InChI=1S/C23H29N5OS/c1-5-18-13-19-22(25-17(4)26-23(19)30-18)24-14-21(29)28-11-9-27(10-12-28)20-8-6-7-15(2)16(20)3/h6-8,13H,5,9-12,14H2,1-4H3,(H,24,25,26). The Morgan fingerprint density at radius 3 is 2.63 bits per heavy atom. The Bertz CT molecular complexity index is 1070. The van der Waals surface area contributed by atoms with E-state index in [1.165, 1.54) is 21.7 Å². The summed E-state index contributed by atoms with van der Waals surface area (Å²) in [6.45, 7) is 11.8. The number of hydrogen-bond acceptors (Lipinski definition) is 6. The van der Waals surface area contributed by atoms with E-state index in [0.29, 0.717) is 0 Å². The molecule has 0 unspecified atom stereocenters. The quantitative estimate of drug-likeness (QED) is 0.674. The Hall–Kier alpha value is -2.67. The molecular formula is C23H29N5OS. The lowest BCUT2D eigenvalue weighted by molar-refractivity contribution is -0.129. The molecule has 0 spiro atoms. The average Bonchev–Trinajstić information content (AvgIpc) is 3.17. The van der Waals surface area contributed by atoms with Gasteiger partial charge in [0, 0.05) is 36.7 Å². The van der Waals surface area contributed by atoms with Gasteiger partial charge < -0.3 is 15.1 Å². The van der Waals surface area contributed by atoms with Gasteiger partial charge in [0.1, 0.15) is 16.5 Å². The van der Waals surface area contributed by atoms with Crippen LogP contribution in [0.5, 0.6) is 0 Å². The number of piperazine rings is 1. The van der Waals surface area contributed by atoms with E-state index in [4.69, 9.17) is 0 Å². The lowest BCUT2D eigenvalue weighted by Gasteiger charge is -2.37. The van der Waals surface area contributed by atoms with Crippen molar-refractivity contribution in [3.05, 3.63) is 46.1 Å². The molecule has 1 amide bonds. The number of carbonyl (C=O) groups excluding carboxylic acids is 1. The van der Waals surface area contributed by atoms with E-state index in [0.717, 1.165) is 54.5 Å². The first-order valence-electron chi connectivity index (χ1n) is 10.6. The average molecular weight is 424 g/mol. The van der Waals surface area contributed by atoms with Crippen LogP contribution in [-0.4, -0.2) is 53.5 Å². The SMILES string of the molecule is CCc1cc2c(NCC(=O)N3CCN(c4cccc(C)c4C)CC3)nc(C)nc2s1. The number of nitrogens with zero attached hydrogens (tertiary/aromatic N) is 4. The number of carbonyl (C=O) groups is 1. The van der Waals surface area contributed by atoms with Gasteiger partial charge in [-0.25, -0.2) is 9.97 Å². The molecule has 158 valence electrons. The Balaban J connectivity index is 1.38. The molecule has 1 fully saturated rings. The minimum Gasteiger partial charge on any atom is -0.368 e. The largest absolute Gasteiger partial charge is 0.368 e. The van der Waals surface area contributed by atoms with Crippen LogP contribution < -0.4 is 10.2 Å². The minimum atomic E-state index is 0.117. The smallest absolute Gasteiger partial charge is 0.242 e. The van der Waals surface area contributed by atoms with E-state index in [9.17, 15) is 4.79 Å².